The van der Waals surface area contributed by atoms with Crippen LogP contribution in [0.2, 0.25) is 0 Å². The first-order valence-electron chi connectivity index (χ1n) is 7.68. The molecule has 1 rings (SSSR count). The smallest absolute Gasteiger partial charge is 0.364 e. The van der Waals surface area contributed by atoms with E-state index >= 15 is 0 Å². The number of aliphatic carboxylic acids is 1. The molecule has 0 saturated carbocycles. The molecular formula is C14H25NO10. The molecule has 0 radical (unpaired) electrons. The SMILES string of the molecule is CC(=O)N[C@H]1[C@H]([C@H](O)[C@H](O)COCC(C)O)O[C@](O)(C(=O)O)C[C@@H]1O. The van der Waals surface area contributed by atoms with Gasteiger partial charge < -0.3 is 45.4 Å². The summed E-state index contributed by atoms with van der Waals surface area (Å²) in [6.07, 6.45) is -8.12. The van der Waals surface area contributed by atoms with E-state index in [0.29, 0.717) is 0 Å². The topological polar surface area (TPSA) is 186 Å². The molecule has 7 N–H and O–H groups in total. The number of carbonyl (C=O) groups excluding carboxylic acids is 1. The summed E-state index contributed by atoms with van der Waals surface area (Å²) < 4.78 is 9.96. The predicted octanol–water partition coefficient (Wildman–Crippen LogP) is -3.47. The van der Waals surface area contributed by atoms with Crippen LogP contribution in [0.1, 0.15) is 20.3 Å². The average molecular weight is 367 g/mol. The van der Waals surface area contributed by atoms with Crippen LogP contribution in [0.5, 0.6) is 0 Å². The second kappa shape index (κ2) is 8.85. The second-order valence-corrected chi connectivity index (χ2v) is 6.11. The zero-order valence-electron chi connectivity index (χ0n) is 13.9. The number of amides is 1. The van der Waals surface area contributed by atoms with Crippen molar-refractivity contribution in [2.24, 2.45) is 0 Å². The fourth-order valence-corrected chi connectivity index (χ4v) is 2.49. The van der Waals surface area contributed by atoms with Gasteiger partial charge in [0.1, 0.15) is 18.3 Å². The molecule has 1 saturated heterocycles. The number of hydrogen-bond acceptors (Lipinski definition) is 9. The van der Waals surface area contributed by atoms with Crippen LogP contribution in [0, 0.1) is 0 Å². The third kappa shape index (κ3) is 5.85. The largest absolute Gasteiger partial charge is 0.477 e. The Bertz CT molecular complexity index is 473. The minimum atomic E-state index is -2.79. The Kier molecular flexibility index (Phi) is 7.68. The lowest BCUT2D eigenvalue weighted by atomic mass is 9.88. The molecule has 1 fully saturated rings. The van der Waals surface area contributed by atoms with Crippen molar-refractivity contribution in [1.82, 2.24) is 5.32 Å². The van der Waals surface area contributed by atoms with Crippen LogP contribution in [0.25, 0.3) is 0 Å². The van der Waals surface area contributed by atoms with Gasteiger partial charge in [-0.15, -0.1) is 0 Å². The van der Waals surface area contributed by atoms with Gasteiger partial charge in [-0.1, -0.05) is 0 Å². The summed E-state index contributed by atoms with van der Waals surface area (Å²) in [6, 6.07) is -1.27. The molecule has 0 bridgehead atoms. The molecule has 0 aromatic rings. The molecule has 11 nitrogen and oxygen atoms in total. The van der Waals surface area contributed by atoms with E-state index in [2.05, 4.69) is 5.32 Å². The van der Waals surface area contributed by atoms with Crippen LogP contribution < -0.4 is 5.32 Å². The Balaban J connectivity index is 2.92. The van der Waals surface area contributed by atoms with E-state index in [-0.39, 0.29) is 6.61 Å². The number of carbonyl (C=O) groups is 2. The minimum Gasteiger partial charge on any atom is -0.477 e. The van der Waals surface area contributed by atoms with Crippen LogP contribution in [0.4, 0.5) is 0 Å². The van der Waals surface area contributed by atoms with Gasteiger partial charge in [0.25, 0.3) is 5.79 Å². The maximum Gasteiger partial charge on any atom is 0.364 e. The highest BCUT2D eigenvalue weighted by molar-refractivity contribution is 5.76. The summed E-state index contributed by atoms with van der Waals surface area (Å²) in [6.45, 7) is 2.03. The van der Waals surface area contributed by atoms with Crippen LogP contribution in [0.15, 0.2) is 0 Å². The number of carboxylic acids is 1. The summed E-state index contributed by atoms with van der Waals surface area (Å²) in [4.78, 5) is 22.5. The van der Waals surface area contributed by atoms with Gasteiger partial charge in [0.15, 0.2) is 0 Å². The van der Waals surface area contributed by atoms with Crippen molar-refractivity contribution >= 4 is 11.9 Å². The first kappa shape index (κ1) is 21.7. The minimum absolute atomic E-state index is 0.119. The molecule has 146 valence electrons. The van der Waals surface area contributed by atoms with Gasteiger partial charge in [0, 0.05) is 13.3 Å². The molecule has 0 aromatic heterocycles. The lowest BCUT2D eigenvalue weighted by Crippen LogP contribution is -2.67. The number of ether oxygens (including phenoxy) is 2. The van der Waals surface area contributed by atoms with Crippen molar-refractivity contribution in [2.45, 2.75) is 62.6 Å². The predicted molar refractivity (Wildman–Crippen MR) is 80.2 cm³/mol. The van der Waals surface area contributed by atoms with Crippen molar-refractivity contribution in [3.63, 3.8) is 0 Å². The Morgan fingerprint density at radius 2 is 1.92 bits per heavy atom. The van der Waals surface area contributed by atoms with Gasteiger partial charge >= 0.3 is 5.97 Å². The summed E-state index contributed by atoms with van der Waals surface area (Å²) in [5.74, 6) is -5.17. The molecule has 11 heteroatoms. The molecule has 25 heavy (non-hydrogen) atoms. The molecule has 1 aliphatic rings. The first-order valence-corrected chi connectivity index (χ1v) is 7.68. The quantitative estimate of drug-likeness (QED) is 0.227. The lowest BCUT2D eigenvalue weighted by molar-refractivity contribution is -0.295. The van der Waals surface area contributed by atoms with Crippen LogP contribution >= 0.6 is 0 Å². The van der Waals surface area contributed by atoms with E-state index in [4.69, 9.17) is 19.7 Å². The molecule has 1 amide bonds. The number of rotatable bonds is 8. The van der Waals surface area contributed by atoms with Gasteiger partial charge in [0.2, 0.25) is 5.91 Å². The van der Waals surface area contributed by atoms with Crippen molar-refractivity contribution in [3.05, 3.63) is 0 Å². The maximum absolute atomic E-state index is 11.3. The molecule has 7 atom stereocenters. The van der Waals surface area contributed by atoms with Gasteiger partial charge in [-0.2, -0.15) is 0 Å². The van der Waals surface area contributed by atoms with E-state index in [1.54, 1.807) is 0 Å². The first-order chi connectivity index (χ1) is 11.5. The molecule has 1 unspecified atom stereocenters. The standard InChI is InChI=1S/C14H25NO10/c1-6(16)4-24-5-9(19)11(20)12-10(15-7(2)17)8(18)3-14(23,25-12)13(21)22/h6,8-12,16,18-20,23H,3-5H2,1-2H3,(H,15,17)(H,21,22)/t6?,8-,9+,10+,11+,12+,14-/m0/s1. The fourth-order valence-electron chi connectivity index (χ4n) is 2.49. The summed E-state index contributed by atoms with van der Waals surface area (Å²) >= 11 is 0. The Hall–Kier alpha value is -1.34. The van der Waals surface area contributed by atoms with E-state index in [1.165, 1.54) is 6.92 Å². The average Bonchev–Trinajstić information content (AvgIpc) is 2.48. The zero-order chi connectivity index (χ0) is 19.4. The number of carboxylic acid groups (broad SMARTS) is 1. The van der Waals surface area contributed by atoms with Crippen LogP contribution in [-0.2, 0) is 19.1 Å². The summed E-state index contributed by atoms with van der Waals surface area (Å²) in [5.41, 5.74) is 0. The fraction of sp³-hybridized carbons (Fsp3) is 0.857. The number of hydrogen-bond donors (Lipinski definition) is 7. The number of aliphatic hydroxyl groups is 5. The Morgan fingerprint density at radius 3 is 2.40 bits per heavy atom. The third-order valence-electron chi connectivity index (χ3n) is 3.67. The van der Waals surface area contributed by atoms with Crippen molar-refractivity contribution < 1.29 is 49.7 Å². The molecule has 1 aliphatic heterocycles. The highest BCUT2D eigenvalue weighted by atomic mass is 16.7. The Morgan fingerprint density at radius 1 is 1.32 bits per heavy atom. The molecule has 0 spiro atoms. The van der Waals surface area contributed by atoms with Gasteiger partial charge in [-0.25, -0.2) is 4.79 Å². The Labute approximate surface area is 143 Å². The molecule has 0 aliphatic carbocycles. The van der Waals surface area contributed by atoms with Crippen molar-refractivity contribution in [1.29, 1.82) is 0 Å². The maximum atomic E-state index is 11.3. The van der Waals surface area contributed by atoms with Crippen molar-refractivity contribution in [2.75, 3.05) is 13.2 Å². The molecular weight excluding hydrogens is 342 g/mol. The van der Waals surface area contributed by atoms with Crippen molar-refractivity contribution in [3.8, 4) is 0 Å². The highest BCUT2D eigenvalue weighted by Crippen LogP contribution is 2.30. The summed E-state index contributed by atoms with van der Waals surface area (Å²) in [7, 11) is 0. The number of nitrogens with one attached hydrogen (secondary N) is 1. The van der Waals surface area contributed by atoms with Gasteiger partial charge in [0.05, 0.1) is 31.5 Å². The monoisotopic (exact) mass is 367 g/mol. The van der Waals surface area contributed by atoms with E-state index in [1.807, 2.05) is 0 Å². The number of aliphatic hydroxyl groups excluding tert-OH is 4. The molecule has 0 aromatic carbocycles. The van der Waals surface area contributed by atoms with Gasteiger partial charge in [-0.3, -0.25) is 4.79 Å². The third-order valence-corrected chi connectivity index (χ3v) is 3.67. The lowest BCUT2D eigenvalue weighted by Gasteiger charge is -2.44. The highest BCUT2D eigenvalue weighted by Gasteiger charge is 2.53. The second-order valence-electron chi connectivity index (χ2n) is 6.11. The van der Waals surface area contributed by atoms with Crippen LogP contribution in [0.3, 0.4) is 0 Å². The zero-order valence-corrected chi connectivity index (χ0v) is 13.9. The van der Waals surface area contributed by atoms with E-state index in [0.717, 1.165) is 6.92 Å². The van der Waals surface area contributed by atoms with Gasteiger partial charge in [-0.05, 0) is 6.92 Å². The summed E-state index contributed by atoms with van der Waals surface area (Å²) in [5, 5.41) is 60.7. The van der Waals surface area contributed by atoms with E-state index < -0.39 is 67.3 Å². The van der Waals surface area contributed by atoms with E-state index in [9.17, 15) is 30.0 Å². The normalized spacial score (nSPS) is 33.3. The van der Waals surface area contributed by atoms with Crippen LogP contribution in [-0.4, -0.2) is 98.1 Å². The molecule has 1 heterocycles.